The van der Waals surface area contributed by atoms with Crippen LogP contribution in [-0.4, -0.2) is 9.97 Å². The molecule has 1 N–H and O–H groups in total. The van der Waals surface area contributed by atoms with Crippen LogP contribution in [0, 0.1) is 5.82 Å². The number of alkyl halides is 3. The van der Waals surface area contributed by atoms with Gasteiger partial charge in [0.25, 0.3) is 0 Å². The molecule has 0 saturated carbocycles. The van der Waals surface area contributed by atoms with E-state index in [0.29, 0.717) is 6.07 Å². The fourth-order valence-corrected chi connectivity index (χ4v) is 1.42. The molecule has 1 heterocycles. The van der Waals surface area contributed by atoms with E-state index in [0.717, 1.165) is 6.07 Å². The number of rotatable bonds is 1. The van der Waals surface area contributed by atoms with Crippen molar-refractivity contribution in [2.45, 2.75) is 6.18 Å². The molecule has 0 amide bonds. The summed E-state index contributed by atoms with van der Waals surface area (Å²) in [5.41, 5.74) is -2.96. The first-order valence-corrected chi connectivity index (χ1v) is 4.81. The number of aromatic amines is 1. The number of hydrogen-bond donors (Lipinski definition) is 1. The fraction of sp³-hybridized carbons (Fsp3) is 0.0909. The lowest BCUT2D eigenvalue weighted by molar-refractivity contribution is -0.141. The highest BCUT2D eigenvalue weighted by atomic mass is 19.4. The van der Waals surface area contributed by atoms with E-state index in [4.69, 9.17) is 0 Å². The zero-order chi connectivity index (χ0) is 13.3. The summed E-state index contributed by atoms with van der Waals surface area (Å²) in [6.07, 6.45) is -4.72. The molecule has 2 rings (SSSR count). The number of aromatic nitrogens is 2. The standard InChI is InChI=1S/C11H6F4N2O/c12-7-4-2-1-3-6(7)8-5-9(11(13,14)15)17-10(18)16-8/h1-5H,(H,16,17,18). The lowest BCUT2D eigenvalue weighted by Crippen LogP contribution is -2.19. The second-order valence-corrected chi connectivity index (χ2v) is 3.46. The number of halogens is 4. The number of H-pyrrole nitrogens is 1. The predicted molar refractivity (Wildman–Crippen MR) is 55.3 cm³/mol. The molecular formula is C11H6F4N2O. The normalized spacial score (nSPS) is 11.6. The summed E-state index contributed by atoms with van der Waals surface area (Å²) in [5, 5.41) is 0. The van der Waals surface area contributed by atoms with E-state index in [1.54, 1.807) is 4.98 Å². The Kier molecular flexibility index (Phi) is 2.90. The summed E-state index contributed by atoms with van der Waals surface area (Å²) in [5.74, 6) is -0.747. The monoisotopic (exact) mass is 258 g/mol. The number of benzene rings is 1. The van der Waals surface area contributed by atoms with Crippen LogP contribution in [0.3, 0.4) is 0 Å². The quantitative estimate of drug-likeness (QED) is 0.799. The highest BCUT2D eigenvalue weighted by molar-refractivity contribution is 5.59. The molecule has 94 valence electrons. The van der Waals surface area contributed by atoms with Crippen LogP contribution in [0.1, 0.15) is 5.69 Å². The average Bonchev–Trinajstić information content (AvgIpc) is 2.27. The number of nitrogens with zero attached hydrogens (tertiary/aromatic N) is 1. The maximum atomic E-state index is 13.4. The Balaban J connectivity index is 2.63. The summed E-state index contributed by atoms with van der Waals surface area (Å²) in [7, 11) is 0. The second kappa shape index (κ2) is 4.25. The van der Waals surface area contributed by atoms with E-state index in [1.807, 2.05) is 0 Å². The molecule has 1 aromatic heterocycles. The largest absolute Gasteiger partial charge is 0.431 e. The van der Waals surface area contributed by atoms with Crippen LogP contribution < -0.4 is 5.69 Å². The van der Waals surface area contributed by atoms with Crippen LogP contribution in [0.4, 0.5) is 17.6 Å². The van der Waals surface area contributed by atoms with Gasteiger partial charge in [-0.2, -0.15) is 18.2 Å². The van der Waals surface area contributed by atoms with Crippen LogP contribution in [0.2, 0.25) is 0 Å². The van der Waals surface area contributed by atoms with E-state index >= 15 is 0 Å². The van der Waals surface area contributed by atoms with Crippen molar-refractivity contribution < 1.29 is 17.6 Å². The molecule has 0 unspecified atom stereocenters. The van der Waals surface area contributed by atoms with Gasteiger partial charge >= 0.3 is 11.9 Å². The van der Waals surface area contributed by atoms with Gasteiger partial charge in [0.05, 0.1) is 5.69 Å². The Morgan fingerprint density at radius 3 is 2.44 bits per heavy atom. The molecule has 0 saturated heterocycles. The third-order valence-corrected chi connectivity index (χ3v) is 2.20. The lowest BCUT2D eigenvalue weighted by atomic mass is 10.1. The Hall–Kier alpha value is -2.18. The molecule has 1 aromatic carbocycles. The Labute approximate surface area is 98.1 Å². The first-order valence-electron chi connectivity index (χ1n) is 4.81. The fourth-order valence-electron chi connectivity index (χ4n) is 1.42. The van der Waals surface area contributed by atoms with Crippen molar-refractivity contribution in [2.75, 3.05) is 0 Å². The minimum absolute atomic E-state index is 0.158. The van der Waals surface area contributed by atoms with Gasteiger partial charge in [-0.3, -0.25) is 0 Å². The molecule has 3 nitrogen and oxygen atoms in total. The minimum Gasteiger partial charge on any atom is -0.302 e. The van der Waals surface area contributed by atoms with Gasteiger partial charge in [-0.15, -0.1) is 0 Å². The van der Waals surface area contributed by atoms with E-state index in [2.05, 4.69) is 4.98 Å². The Bertz CT molecular complexity index is 633. The van der Waals surface area contributed by atoms with E-state index < -0.39 is 23.4 Å². The Morgan fingerprint density at radius 2 is 1.83 bits per heavy atom. The molecule has 7 heteroatoms. The van der Waals surface area contributed by atoms with Gasteiger partial charge in [-0.05, 0) is 18.2 Å². The van der Waals surface area contributed by atoms with Gasteiger partial charge in [-0.1, -0.05) is 12.1 Å². The van der Waals surface area contributed by atoms with Crippen molar-refractivity contribution in [3.05, 3.63) is 52.3 Å². The minimum atomic E-state index is -4.72. The summed E-state index contributed by atoms with van der Waals surface area (Å²) in [6.45, 7) is 0. The molecule has 0 spiro atoms. The van der Waals surface area contributed by atoms with Crippen molar-refractivity contribution in [2.24, 2.45) is 0 Å². The van der Waals surface area contributed by atoms with Crippen LogP contribution >= 0.6 is 0 Å². The highest BCUT2D eigenvalue weighted by Crippen LogP contribution is 2.29. The molecule has 18 heavy (non-hydrogen) atoms. The van der Waals surface area contributed by atoms with Crippen molar-refractivity contribution in [1.29, 1.82) is 0 Å². The van der Waals surface area contributed by atoms with Crippen LogP contribution in [0.25, 0.3) is 11.3 Å². The molecule has 0 bridgehead atoms. The van der Waals surface area contributed by atoms with Crippen molar-refractivity contribution >= 4 is 0 Å². The average molecular weight is 258 g/mol. The number of nitrogens with one attached hydrogen (secondary N) is 1. The molecule has 0 aliphatic heterocycles. The zero-order valence-electron chi connectivity index (χ0n) is 8.75. The zero-order valence-corrected chi connectivity index (χ0v) is 8.75. The molecule has 0 fully saturated rings. The molecule has 0 radical (unpaired) electrons. The van der Waals surface area contributed by atoms with Crippen LogP contribution in [-0.2, 0) is 6.18 Å². The lowest BCUT2D eigenvalue weighted by Gasteiger charge is -2.08. The molecule has 0 atom stereocenters. The summed E-state index contributed by atoms with van der Waals surface area (Å²) >= 11 is 0. The Morgan fingerprint density at radius 1 is 1.17 bits per heavy atom. The third-order valence-electron chi connectivity index (χ3n) is 2.20. The van der Waals surface area contributed by atoms with Crippen LogP contribution in [0.5, 0.6) is 0 Å². The van der Waals surface area contributed by atoms with Gasteiger partial charge in [-0.25, -0.2) is 9.18 Å². The summed E-state index contributed by atoms with van der Waals surface area (Å²) in [6, 6.07) is 5.74. The number of hydrogen-bond acceptors (Lipinski definition) is 2. The highest BCUT2D eigenvalue weighted by Gasteiger charge is 2.32. The van der Waals surface area contributed by atoms with Gasteiger partial charge in [0.15, 0.2) is 0 Å². The molecular weight excluding hydrogens is 252 g/mol. The van der Waals surface area contributed by atoms with E-state index in [-0.39, 0.29) is 11.3 Å². The predicted octanol–water partition coefficient (Wildman–Crippen LogP) is 2.59. The summed E-state index contributed by atoms with van der Waals surface area (Å²) < 4.78 is 50.8. The van der Waals surface area contributed by atoms with Gasteiger partial charge in [0, 0.05) is 5.56 Å². The topological polar surface area (TPSA) is 45.8 Å². The van der Waals surface area contributed by atoms with Gasteiger partial charge < -0.3 is 4.98 Å². The second-order valence-electron chi connectivity index (χ2n) is 3.46. The molecule has 2 aromatic rings. The van der Waals surface area contributed by atoms with E-state index in [9.17, 15) is 22.4 Å². The van der Waals surface area contributed by atoms with E-state index in [1.165, 1.54) is 18.2 Å². The molecule has 0 aliphatic carbocycles. The first-order chi connectivity index (χ1) is 8.38. The SMILES string of the molecule is O=c1nc(-c2ccccc2F)cc(C(F)(F)F)[nH]1. The van der Waals surface area contributed by atoms with Crippen molar-refractivity contribution in [3.63, 3.8) is 0 Å². The maximum Gasteiger partial charge on any atom is 0.431 e. The van der Waals surface area contributed by atoms with Gasteiger partial charge in [0.1, 0.15) is 11.5 Å². The first kappa shape index (κ1) is 12.3. The maximum absolute atomic E-state index is 13.4. The third kappa shape index (κ3) is 2.39. The van der Waals surface area contributed by atoms with Gasteiger partial charge in [0.2, 0.25) is 0 Å². The van der Waals surface area contributed by atoms with Crippen molar-refractivity contribution in [1.82, 2.24) is 9.97 Å². The van der Waals surface area contributed by atoms with Crippen LogP contribution in [0.15, 0.2) is 35.1 Å². The summed E-state index contributed by atoms with van der Waals surface area (Å²) in [4.78, 5) is 15.9. The smallest absolute Gasteiger partial charge is 0.302 e. The molecule has 0 aliphatic rings. The van der Waals surface area contributed by atoms with Crippen molar-refractivity contribution in [3.8, 4) is 11.3 Å².